The van der Waals surface area contributed by atoms with Crippen LogP contribution in [0.5, 0.6) is 5.75 Å². The summed E-state index contributed by atoms with van der Waals surface area (Å²) in [6.07, 6.45) is 0. The van der Waals surface area contributed by atoms with E-state index in [1.54, 1.807) is 7.11 Å². The summed E-state index contributed by atoms with van der Waals surface area (Å²) < 4.78 is 5.42. The predicted molar refractivity (Wildman–Crippen MR) is 79.7 cm³/mol. The molecule has 1 unspecified atom stereocenters. The first-order valence-corrected chi connectivity index (χ1v) is 6.49. The Hall–Kier alpha value is -1.80. The van der Waals surface area contributed by atoms with Gasteiger partial charge in [-0.25, -0.2) is 0 Å². The second kappa shape index (κ2) is 5.45. The van der Waals surface area contributed by atoms with Crippen molar-refractivity contribution in [3.63, 3.8) is 0 Å². The molecule has 0 fully saturated rings. The van der Waals surface area contributed by atoms with E-state index >= 15 is 0 Å². The Morgan fingerprint density at radius 1 is 0.895 bits per heavy atom. The fourth-order valence-electron chi connectivity index (χ4n) is 2.47. The molecule has 0 radical (unpaired) electrons. The van der Waals surface area contributed by atoms with Gasteiger partial charge in [-0.3, -0.25) is 0 Å². The quantitative estimate of drug-likeness (QED) is 0.908. The number of ether oxygens (including phenoxy) is 1. The number of rotatable bonds is 3. The maximum Gasteiger partial charge on any atom is 0.123 e. The zero-order chi connectivity index (χ0) is 14.0. The van der Waals surface area contributed by atoms with Crippen molar-refractivity contribution in [1.29, 1.82) is 0 Å². The fourth-order valence-corrected chi connectivity index (χ4v) is 2.47. The van der Waals surface area contributed by atoms with Gasteiger partial charge in [-0.2, -0.15) is 0 Å². The summed E-state index contributed by atoms with van der Waals surface area (Å²) in [5.41, 5.74) is 12.2. The van der Waals surface area contributed by atoms with Gasteiger partial charge in [-0.05, 0) is 32.4 Å². The van der Waals surface area contributed by atoms with Gasteiger partial charge in [-0.1, -0.05) is 47.0 Å². The molecule has 0 saturated heterocycles. The van der Waals surface area contributed by atoms with Crippen molar-refractivity contribution in [3.05, 3.63) is 64.2 Å². The minimum atomic E-state index is -0.159. The Morgan fingerprint density at radius 3 is 2.11 bits per heavy atom. The van der Waals surface area contributed by atoms with E-state index in [4.69, 9.17) is 10.5 Å². The first kappa shape index (κ1) is 13.6. The molecule has 2 nitrogen and oxygen atoms in total. The monoisotopic (exact) mass is 255 g/mol. The van der Waals surface area contributed by atoms with Crippen LogP contribution >= 0.6 is 0 Å². The molecule has 0 aromatic heterocycles. The van der Waals surface area contributed by atoms with Crippen LogP contribution in [-0.2, 0) is 0 Å². The average molecular weight is 255 g/mol. The SMILES string of the molecule is COc1ccc(C)cc1C(N)c1cc(C)cc(C)c1. The number of methoxy groups -OCH3 is 1. The van der Waals surface area contributed by atoms with Crippen molar-refractivity contribution in [3.8, 4) is 5.75 Å². The molecule has 2 aromatic carbocycles. The Bertz CT molecular complexity index is 570. The number of nitrogens with two attached hydrogens (primary N) is 1. The van der Waals surface area contributed by atoms with Crippen LogP contribution in [-0.4, -0.2) is 7.11 Å². The number of hydrogen-bond donors (Lipinski definition) is 1. The van der Waals surface area contributed by atoms with Crippen molar-refractivity contribution < 1.29 is 4.74 Å². The lowest BCUT2D eigenvalue weighted by Gasteiger charge is -2.18. The minimum absolute atomic E-state index is 0.159. The third-order valence-electron chi connectivity index (χ3n) is 3.32. The van der Waals surface area contributed by atoms with Crippen molar-refractivity contribution in [2.45, 2.75) is 26.8 Å². The molecule has 0 saturated carbocycles. The van der Waals surface area contributed by atoms with Crippen LogP contribution in [0.4, 0.5) is 0 Å². The van der Waals surface area contributed by atoms with Crippen molar-refractivity contribution in [1.82, 2.24) is 0 Å². The van der Waals surface area contributed by atoms with Gasteiger partial charge in [0.25, 0.3) is 0 Å². The zero-order valence-corrected chi connectivity index (χ0v) is 12.0. The van der Waals surface area contributed by atoms with E-state index in [9.17, 15) is 0 Å². The summed E-state index contributed by atoms with van der Waals surface area (Å²) in [6.45, 7) is 6.25. The summed E-state index contributed by atoms with van der Waals surface area (Å²) in [7, 11) is 1.68. The van der Waals surface area contributed by atoms with Crippen LogP contribution in [0.15, 0.2) is 36.4 Å². The van der Waals surface area contributed by atoms with Gasteiger partial charge in [0.2, 0.25) is 0 Å². The van der Waals surface area contributed by atoms with E-state index in [0.717, 1.165) is 16.9 Å². The second-order valence-corrected chi connectivity index (χ2v) is 5.14. The van der Waals surface area contributed by atoms with E-state index in [2.05, 4.69) is 45.0 Å². The molecule has 0 amide bonds. The molecule has 2 aromatic rings. The lowest BCUT2D eigenvalue weighted by atomic mass is 9.95. The van der Waals surface area contributed by atoms with E-state index in [1.165, 1.54) is 16.7 Å². The molecule has 2 rings (SSSR count). The normalized spacial score (nSPS) is 12.3. The van der Waals surface area contributed by atoms with Crippen molar-refractivity contribution >= 4 is 0 Å². The highest BCUT2D eigenvalue weighted by atomic mass is 16.5. The summed E-state index contributed by atoms with van der Waals surface area (Å²) in [6, 6.07) is 12.4. The van der Waals surface area contributed by atoms with Crippen LogP contribution in [0.1, 0.15) is 33.9 Å². The van der Waals surface area contributed by atoms with Gasteiger partial charge in [0.1, 0.15) is 5.75 Å². The predicted octanol–water partition coefficient (Wildman–Crippen LogP) is 3.67. The van der Waals surface area contributed by atoms with E-state index < -0.39 is 0 Å². The fraction of sp³-hybridized carbons (Fsp3) is 0.294. The summed E-state index contributed by atoms with van der Waals surface area (Å²) >= 11 is 0. The standard InChI is InChI=1S/C17H21NO/c1-11-5-6-16(19-4)15(10-11)17(18)14-8-12(2)7-13(3)9-14/h5-10,17H,18H2,1-4H3. The van der Waals surface area contributed by atoms with Gasteiger partial charge >= 0.3 is 0 Å². The van der Waals surface area contributed by atoms with Gasteiger partial charge in [0, 0.05) is 5.56 Å². The second-order valence-electron chi connectivity index (χ2n) is 5.14. The van der Waals surface area contributed by atoms with Crippen molar-refractivity contribution in [2.75, 3.05) is 7.11 Å². The molecule has 0 spiro atoms. The molecule has 2 heteroatoms. The molecule has 2 N–H and O–H groups in total. The molecule has 100 valence electrons. The van der Waals surface area contributed by atoms with Crippen LogP contribution in [0.2, 0.25) is 0 Å². The maximum absolute atomic E-state index is 6.42. The lowest BCUT2D eigenvalue weighted by Crippen LogP contribution is -2.13. The smallest absolute Gasteiger partial charge is 0.123 e. The van der Waals surface area contributed by atoms with Gasteiger partial charge in [0.05, 0.1) is 13.2 Å². The lowest BCUT2D eigenvalue weighted by molar-refractivity contribution is 0.407. The molecule has 1 atom stereocenters. The highest BCUT2D eigenvalue weighted by molar-refractivity contribution is 5.44. The Morgan fingerprint density at radius 2 is 1.53 bits per heavy atom. The summed E-state index contributed by atoms with van der Waals surface area (Å²) in [5.74, 6) is 0.845. The summed E-state index contributed by atoms with van der Waals surface area (Å²) in [5, 5.41) is 0. The maximum atomic E-state index is 6.42. The van der Waals surface area contributed by atoms with Crippen LogP contribution in [0.25, 0.3) is 0 Å². The largest absolute Gasteiger partial charge is 0.496 e. The molecular formula is C17H21NO. The molecule has 0 bridgehead atoms. The zero-order valence-electron chi connectivity index (χ0n) is 12.0. The first-order valence-electron chi connectivity index (χ1n) is 6.49. The number of aryl methyl sites for hydroxylation is 3. The average Bonchev–Trinajstić information content (AvgIpc) is 2.36. The van der Waals surface area contributed by atoms with E-state index in [-0.39, 0.29) is 6.04 Å². The topological polar surface area (TPSA) is 35.2 Å². The molecule has 0 heterocycles. The highest BCUT2D eigenvalue weighted by Gasteiger charge is 2.14. The molecular weight excluding hydrogens is 234 g/mol. The summed E-state index contributed by atoms with van der Waals surface area (Å²) in [4.78, 5) is 0. The van der Waals surface area contributed by atoms with Gasteiger partial charge in [-0.15, -0.1) is 0 Å². The Balaban J connectivity index is 2.48. The third-order valence-corrected chi connectivity index (χ3v) is 3.32. The highest BCUT2D eigenvalue weighted by Crippen LogP contribution is 2.30. The van der Waals surface area contributed by atoms with Crippen molar-refractivity contribution in [2.24, 2.45) is 5.73 Å². The van der Waals surface area contributed by atoms with Crippen LogP contribution < -0.4 is 10.5 Å². The van der Waals surface area contributed by atoms with Crippen LogP contribution in [0.3, 0.4) is 0 Å². The first-order chi connectivity index (χ1) is 9.01. The van der Waals surface area contributed by atoms with E-state index in [0.29, 0.717) is 0 Å². The van der Waals surface area contributed by atoms with Crippen LogP contribution in [0, 0.1) is 20.8 Å². The number of hydrogen-bond acceptors (Lipinski definition) is 2. The molecule has 0 aliphatic rings. The molecule has 0 aliphatic heterocycles. The molecule has 19 heavy (non-hydrogen) atoms. The Kier molecular flexibility index (Phi) is 3.91. The minimum Gasteiger partial charge on any atom is -0.496 e. The van der Waals surface area contributed by atoms with Gasteiger partial charge < -0.3 is 10.5 Å². The van der Waals surface area contributed by atoms with Gasteiger partial charge in [0.15, 0.2) is 0 Å². The molecule has 0 aliphatic carbocycles. The number of benzene rings is 2. The Labute approximate surface area is 115 Å². The third kappa shape index (κ3) is 2.96. The van der Waals surface area contributed by atoms with E-state index in [1.807, 2.05) is 12.1 Å².